The lowest BCUT2D eigenvalue weighted by Crippen LogP contribution is -2.25. The average Bonchev–Trinajstić information content (AvgIpc) is 3.57. The summed E-state index contributed by atoms with van der Waals surface area (Å²) < 4.78 is 42.2. The van der Waals surface area contributed by atoms with Crippen LogP contribution in [0.2, 0.25) is 0 Å². The molecule has 0 N–H and O–H groups in total. The van der Waals surface area contributed by atoms with Crippen molar-refractivity contribution in [2.75, 3.05) is 7.11 Å². The molecule has 0 unspecified atom stereocenters. The first kappa shape index (κ1) is 23.5. The van der Waals surface area contributed by atoms with Gasteiger partial charge in [0.1, 0.15) is 11.5 Å². The van der Waals surface area contributed by atoms with Gasteiger partial charge in [0, 0.05) is 19.2 Å². The van der Waals surface area contributed by atoms with E-state index in [9.17, 15) is 8.78 Å². The van der Waals surface area contributed by atoms with Gasteiger partial charge in [-0.1, -0.05) is 12.1 Å². The van der Waals surface area contributed by atoms with E-state index in [1.54, 1.807) is 25.6 Å². The summed E-state index contributed by atoms with van der Waals surface area (Å²) in [5.74, 6) is 2.51. The standard InChI is InChI=1S/C18H20N6O.C7H4F2O2/c1-13-11-23(12-19-13)15-8-6-14(20-18(15)25-2)7-9-16-21-17-5-3-4-10-24(17)22-16;8-7(9)10-5-3-1-2-4-6(5)11-7/h6-9,11-12H,3-5,10H2,1-2H3;1-4H/b9-7+;. The van der Waals surface area contributed by atoms with Gasteiger partial charge in [-0.3, -0.25) is 0 Å². The third-order valence-electron chi connectivity index (χ3n) is 5.54. The molecule has 0 aliphatic carbocycles. The van der Waals surface area contributed by atoms with E-state index in [4.69, 9.17) is 4.74 Å². The van der Waals surface area contributed by atoms with Crippen LogP contribution in [0.3, 0.4) is 0 Å². The Bertz CT molecular complexity index is 1350. The normalized spacial score (nSPS) is 15.3. The van der Waals surface area contributed by atoms with E-state index in [2.05, 4.69) is 29.5 Å². The second-order valence-electron chi connectivity index (χ2n) is 8.20. The number of benzene rings is 1. The van der Waals surface area contributed by atoms with Gasteiger partial charge in [0.25, 0.3) is 0 Å². The van der Waals surface area contributed by atoms with Crippen LogP contribution in [-0.2, 0) is 13.0 Å². The zero-order valence-electron chi connectivity index (χ0n) is 19.8. The van der Waals surface area contributed by atoms with Crippen LogP contribution in [-0.4, -0.2) is 42.7 Å². The van der Waals surface area contributed by atoms with E-state index in [1.807, 2.05) is 46.7 Å². The second-order valence-corrected chi connectivity index (χ2v) is 8.20. The summed E-state index contributed by atoms with van der Waals surface area (Å²) >= 11 is 0. The number of nitrogens with zero attached hydrogens (tertiary/aromatic N) is 6. The summed E-state index contributed by atoms with van der Waals surface area (Å²) in [4.78, 5) is 13.4. The number of pyridine rings is 1. The average molecular weight is 495 g/mol. The molecule has 0 bridgehead atoms. The van der Waals surface area contributed by atoms with Gasteiger partial charge in [-0.25, -0.2) is 19.6 Å². The zero-order chi connectivity index (χ0) is 25.1. The summed E-state index contributed by atoms with van der Waals surface area (Å²) in [6.45, 7) is 2.91. The Hall–Kier alpha value is -4.28. The molecule has 3 aromatic heterocycles. The first-order valence-corrected chi connectivity index (χ1v) is 11.4. The molecule has 9 nitrogen and oxygen atoms in total. The molecule has 2 aliphatic rings. The van der Waals surface area contributed by atoms with Crippen LogP contribution in [0.4, 0.5) is 8.78 Å². The highest BCUT2D eigenvalue weighted by Crippen LogP contribution is 2.40. The van der Waals surface area contributed by atoms with Crippen molar-refractivity contribution in [2.45, 2.75) is 39.0 Å². The topological polar surface area (TPSA) is 89.1 Å². The van der Waals surface area contributed by atoms with E-state index >= 15 is 0 Å². The summed E-state index contributed by atoms with van der Waals surface area (Å²) in [6.07, 6.45) is 7.37. The Kier molecular flexibility index (Phi) is 6.36. The molecule has 4 aromatic rings. The van der Waals surface area contributed by atoms with E-state index < -0.39 is 6.29 Å². The van der Waals surface area contributed by atoms with Crippen molar-refractivity contribution >= 4 is 12.2 Å². The molecular formula is C25H24F2N6O3. The zero-order valence-corrected chi connectivity index (χ0v) is 19.8. The lowest BCUT2D eigenvalue weighted by molar-refractivity contribution is -0.286. The second kappa shape index (κ2) is 9.76. The minimum absolute atomic E-state index is 0.0810. The number of alkyl halides is 2. The van der Waals surface area contributed by atoms with Crippen LogP contribution >= 0.6 is 0 Å². The van der Waals surface area contributed by atoms with Crippen molar-refractivity contribution < 1.29 is 23.0 Å². The minimum atomic E-state index is -3.50. The van der Waals surface area contributed by atoms with Crippen LogP contribution in [0.15, 0.2) is 48.9 Å². The maximum Gasteiger partial charge on any atom is 0.586 e. The Morgan fingerprint density at radius 3 is 2.47 bits per heavy atom. The first-order valence-electron chi connectivity index (χ1n) is 11.4. The van der Waals surface area contributed by atoms with Crippen molar-refractivity contribution in [3.05, 3.63) is 72.0 Å². The molecule has 0 atom stereocenters. The molecule has 0 amide bonds. The minimum Gasteiger partial charge on any atom is -0.479 e. The summed E-state index contributed by atoms with van der Waals surface area (Å²) in [5, 5.41) is 4.52. The van der Waals surface area contributed by atoms with Gasteiger partial charge >= 0.3 is 6.29 Å². The van der Waals surface area contributed by atoms with Gasteiger partial charge in [0.05, 0.1) is 24.8 Å². The Labute approximate surface area is 206 Å². The van der Waals surface area contributed by atoms with Crippen LogP contribution < -0.4 is 14.2 Å². The molecule has 6 rings (SSSR count). The number of aryl methyl sites for hydroxylation is 3. The number of hydrogen-bond donors (Lipinski definition) is 0. The summed E-state index contributed by atoms with van der Waals surface area (Å²) in [6, 6.07) is 9.97. The number of ether oxygens (including phenoxy) is 3. The number of fused-ring (bicyclic) bond motifs is 2. The Morgan fingerprint density at radius 1 is 1.03 bits per heavy atom. The summed E-state index contributed by atoms with van der Waals surface area (Å²) in [5.41, 5.74) is 2.60. The maximum atomic E-state index is 12.3. The van der Waals surface area contributed by atoms with Crippen molar-refractivity contribution in [1.82, 2.24) is 29.3 Å². The predicted octanol–water partition coefficient (Wildman–Crippen LogP) is 4.69. The SMILES string of the molecule is COc1nc(/C=C/c2nc3n(n2)CCCC3)ccc1-n1cnc(C)c1.FC1(F)Oc2ccccc2O1. The van der Waals surface area contributed by atoms with Crippen molar-refractivity contribution in [3.63, 3.8) is 0 Å². The molecular weight excluding hydrogens is 470 g/mol. The van der Waals surface area contributed by atoms with Crippen molar-refractivity contribution in [3.8, 4) is 23.1 Å². The van der Waals surface area contributed by atoms with Gasteiger partial charge in [0.2, 0.25) is 5.88 Å². The number of rotatable bonds is 4. The van der Waals surface area contributed by atoms with E-state index in [1.165, 1.54) is 25.0 Å². The molecule has 1 aromatic carbocycles. The van der Waals surface area contributed by atoms with E-state index in [0.717, 1.165) is 41.7 Å². The number of para-hydroxylation sites is 2. The fraction of sp³-hybridized carbons (Fsp3) is 0.280. The third-order valence-corrected chi connectivity index (χ3v) is 5.54. The van der Waals surface area contributed by atoms with Crippen molar-refractivity contribution in [2.24, 2.45) is 0 Å². The third kappa shape index (κ3) is 5.19. The summed E-state index contributed by atoms with van der Waals surface area (Å²) in [7, 11) is 1.62. The number of methoxy groups -OCH3 is 1. The molecule has 0 spiro atoms. The fourth-order valence-corrected chi connectivity index (χ4v) is 3.87. The molecule has 0 fully saturated rings. The number of halogens is 2. The van der Waals surface area contributed by atoms with E-state index in [0.29, 0.717) is 5.88 Å². The monoisotopic (exact) mass is 494 g/mol. The lowest BCUT2D eigenvalue weighted by Gasteiger charge is -2.09. The molecule has 186 valence electrons. The highest BCUT2D eigenvalue weighted by Gasteiger charge is 2.42. The van der Waals surface area contributed by atoms with Gasteiger partial charge in [-0.05, 0) is 56.2 Å². The van der Waals surface area contributed by atoms with Gasteiger partial charge in [-0.15, -0.1) is 8.78 Å². The lowest BCUT2D eigenvalue weighted by atomic mass is 10.2. The van der Waals surface area contributed by atoms with E-state index in [-0.39, 0.29) is 11.5 Å². The van der Waals surface area contributed by atoms with Crippen LogP contribution in [0.5, 0.6) is 17.4 Å². The van der Waals surface area contributed by atoms with Gasteiger partial charge < -0.3 is 18.8 Å². The molecule has 0 radical (unpaired) electrons. The number of imidazole rings is 1. The molecule has 0 saturated carbocycles. The molecule has 11 heteroatoms. The quantitative estimate of drug-likeness (QED) is 0.407. The smallest absolute Gasteiger partial charge is 0.479 e. The molecule has 0 saturated heterocycles. The van der Waals surface area contributed by atoms with Crippen molar-refractivity contribution in [1.29, 1.82) is 0 Å². The fourth-order valence-electron chi connectivity index (χ4n) is 3.87. The highest BCUT2D eigenvalue weighted by atomic mass is 19.3. The highest BCUT2D eigenvalue weighted by molar-refractivity contribution is 5.65. The van der Waals surface area contributed by atoms with Crippen LogP contribution in [0.1, 0.15) is 35.9 Å². The Morgan fingerprint density at radius 2 is 1.81 bits per heavy atom. The molecule has 36 heavy (non-hydrogen) atoms. The van der Waals surface area contributed by atoms with Gasteiger partial charge in [-0.2, -0.15) is 5.10 Å². The largest absolute Gasteiger partial charge is 0.586 e. The van der Waals surface area contributed by atoms with Crippen LogP contribution in [0, 0.1) is 6.92 Å². The maximum absolute atomic E-state index is 12.3. The Balaban J connectivity index is 0.000000202. The van der Waals surface area contributed by atoms with Gasteiger partial charge in [0.15, 0.2) is 17.3 Å². The molecule has 5 heterocycles. The predicted molar refractivity (Wildman–Crippen MR) is 127 cm³/mol. The first-order chi connectivity index (χ1) is 17.4. The van der Waals surface area contributed by atoms with Crippen LogP contribution in [0.25, 0.3) is 17.8 Å². The number of hydrogen-bond acceptors (Lipinski definition) is 7. The number of aromatic nitrogens is 6. The molecule has 2 aliphatic heterocycles.